The molecule has 1 aliphatic heterocycles. The lowest BCUT2D eigenvalue weighted by Crippen LogP contribution is -2.13. The molecule has 29 heavy (non-hydrogen) atoms. The van der Waals surface area contributed by atoms with Crippen LogP contribution in [0.1, 0.15) is 28.7 Å². The zero-order valence-corrected chi connectivity index (χ0v) is 16.6. The highest BCUT2D eigenvalue weighted by Gasteiger charge is 2.20. The SMILES string of the molecule is Cc1ccc2c(c1)CCN2c1cccc(COc2ccc(CCC(=O)O)cc2)c1. The van der Waals surface area contributed by atoms with Crippen LogP contribution in [-0.4, -0.2) is 17.6 Å². The molecule has 0 radical (unpaired) electrons. The van der Waals surface area contributed by atoms with Gasteiger partial charge in [0, 0.05) is 24.3 Å². The number of hydrogen-bond acceptors (Lipinski definition) is 3. The molecule has 4 heteroatoms. The maximum Gasteiger partial charge on any atom is 0.303 e. The minimum atomic E-state index is -0.777. The predicted octanol–water partition coefficient (Wildman–Crippen LogP) is 5.29. The largest absolute Gasteiger partial charge is 0.489 e. The third-order valence-electron chi connectivity index (χ3n) is 5.31. The Bertz CT molecular complexity index is 1010. The minimum absolute atomic E-state index is 0.145. The van der Waals surface area contributed by atoms with Crippen molar-refractivity contribution in [2.45, 2.75) is 32.8 Å². The van der Waals surface area contributed by atoms with Gasteiger partial charge < -0.3 is 14.7 Å². The fourth-order valence-electron chi connectivity index (χ4n) is 3.78. The van der Waals surface area contributed by atoms with Gasteiger partial charge in [-0.3, -0.25) is 4.79 Å². The van der Waals surface area contributed by atoms with E-state index in [1.54, 1.807) is 0 Å². The van der Waals surface area contributed by atoms with E-state index >= 15 is 0 Å². The number of carboxylic acids is 1. The summed E-state index contributed by atoms with van der Waals surface area (Å²) in [6.45, 7) is 3.64. The molecule has 0 aromatic heterocycles. The van der Waals surface area contributed by atoms with E-state index in [-0.39, 0.29) is 6.42 Å². The van der Waals surface area contributed by atoms with Crippen LogP contribution in [0, 0.1) is 6.92 Å². The van der Waals surface area contributed by atoms with Crippen LogP contribution in [-0.2, 0) is 24.2 Å². The Morgan fingerprint density at radius 2 is 1.86 bits per heavy atom. The molecule has 0 fully saturated rings. The topological polar surface area (TPSA) is 49.8 Å². The van der Waals surface area contributed by atoms with Crippen molar-refractivity contribution in [3.63, 3.8) is 0 Å². The molecule has 3 aromatic carbocycles. The standard InChI is InChI=1S/C25H25NO3/c1-18-5-11-24-21(15-18)13-14-26(24)22-4-2-3-20(16-22)17-29-23-9-6-19(7-10-23)8-12-25(27)28/h2-7,9-11,15-16H,8,12-14,17H2,1H3,(H,27,28). The zero-order valence-electron chi connectivity index (χ0n) is 16.6. The van der Waals surface area contributed by atoms with Gasteiger partial charge in [-0.1, -0.05) is 42.0 Å². The van der Waals surface area contributed by atoms with Gasteiger partial charge in [0.05, 0.1) is 0 Å². The molecule has 0 amide bonds. The third-order valence-corrected chi connectivity index (χ3v) is 5.31. The molecule has 0 atom stereocenters. The van der Waals surface area contributed by atoms with Crippen LogP contribution in [0.15, 0.2) is 66.7 Å². The number of carbonyl (C=O) groups is 1. The average Bonchev–Trinajstić information content (AvgIpc) is 3.14. The Hall–Kier alpha value is -3.27. The number of fused-ring (bicyclic) bond motifs is 1. The summed E-state index contributed by atoms with van der Waals surface area (Å²) in [5, 5.41) is 8.78. The Balaban J connectivity index is 1.41. The van der Waals surface area contributed by atoms with Crippen molar-refractivity contribution in [1.82, 2.24) is 0 Å². The summed E-state index contributed by atoms with van der Waals surface area (Å²) < 4.78 is 5.94. The number of aryl methyl sites for hydroxylation is 2. The van der Waals surface area contributed by atoms with Gasteiger partial charge >= 0.3 is 5.97 Å². The highest BCUT2D eigenvalue weighted by Crippen LogP contribution is 2.35. The molecule has 0 bridgehead atoms. The maximum absolute atomic E-state index is 10.7. The summed E-state index contributed by atoms with van der Waals surface area (Å²) >= 11 is 0. The first-order valence-electron chi connectivity index (χ1n) is 9.98. The molecule has 0 spiro atoms. The van der Waals surface area contributed by atoms with Crippen molar-refractivity contribution in [2.24, 2.45) is 0 Å². The van der Waals surface area contributed by atoms with Crippen molar-refractivity contribution in [3.05, 3.63) is 89.0 Å². The van der Waals surface area contributed by atoms with Crippen LogP contribution in [0.3, 0.4) is 0 Å². The van der Waals surface area contributed by atoms with Gasteiger partial charge in [-0.25, -0.2) is 0 Å². The van der Waals surface area contributed by atoms with Gasteiger partial charge in [-0.05, 0) is 66.8 Å². The average molecular weight is 387 g/mol. The lowest BCUT2D eigenvalue weighted by molar-refractivity contribution is -0.136. The number of hydrogen-bond donors (Lipinski definition) is 1. The van der Waals surface area contributed by atoms with E-state index in [0.29, 0.717) is 13.0 Å². The van der Waals surface area contributed by atoms with Gasteiger partial charge in [0.15, 0.2) is 0 Å². The number of rotatable bonds is 7. The molecular formula is C25H25NO3. The van der Waals surface area contributed by atoms with Gasteiger partial charge in [0.1, 0.15) is 12.4 Å². The van der Waals surface area contributed by atoms with Gasteiger partial charge in [0.2, 0.25) is 0 Å². The number of benzene rings is 3. The summed E-state index contributed by atoms with van der Waals surface area (Å²) in [4.78, 5) is 13.0. The first kappa shape index (κ1) is 19.1. The highest BCUT2D eigenvalue weighted by molar-refractivity contribution is 5.70. The summed E-state index contributed by atoms with van der Waals surface area (Å²) in [5.41, 5.74) is 7.34. The Labute approximate surface area is 171 Å². The second-order valence-electron chi connectivity index (χ2n) is 7.53. The molecule has 1 aliphatic rings. The molecule has 1 heterocycles. The summed E-state index contributed by atoms with van der Waals surface area (Å²) in [6, 6.07) is 22.8. The molecule has 0 unspecified atom stereocenters. The van der Waals surface area contributed by atoms with Crippen LogP contribution in [0.2, 0.25) is 0 Å². The summed E-state index contributed by atoms with van der Waals surface area (Å²) in [7, 11) is 0. The van der Waals surface area contributed by atoms with Crippen LogP contribution < -0.4 is 9.64 Å². The zero-order chi connectivity index (χ0) is 20.2. The number of aliphatic carboxylic acids is 1. The van der Waals surface area contributed by atoms with Gasteiger partial charge in [0.25, 0.3) is 0 Å². The number of carboxylic acid groups (broad SMARTS) is 1. The van der Waals surface area contributed by atoms with Gasteiger partial charge in [-0.15, -0.1) is 0 Å². The van der Waals surface area contributed by atoms with Crippen molar-refractivity contribution < 1.29 is 14.6 Å². The summed E-state index contributed by atoms with van der Waals surface area (Å²) in [6.07, 6.45) is 1.76. The molecule has 1 N–H and O–H groups in total. The number of ether oxygens (including phenoxy) is 1. The number of nitrogens with zero attached hydrogens (tertiary/aromatic N) is 1. The van der Waals surface area contributed by atoms with E-state index in [2.05, 4.69) is 54.3 Å². The second-order valence-corrected chi connectivity index (χ2v) is 7.53. The van der Waals surface area contributed by atoms with Crippen molar-refractivity contribution in [3.8, 4) is 5.75 Å². The molecule has 3 aromatic rings. The van der Waals surface area contributed by atoms with Crippen LogP contribution >= 0.6 is 0 Å². The van der Waals surface area contributed by atoms with Crippen LogP contribution in [0.5, 0.6) is 5.75 Å². The normalized spacial score (nSPS) is 12.7. The smallest absolute Gasteiger partial charge is 0.303 e. The van der Waals surface area contributed by atoms with E-state index in [1.807, 2.05) is 24.3 Å². The van der Waals surface area contributed by atoms with Crippen LogP contribution in [0.25, 0.3) is 0 Å². The number of anilines is 2. The summed E-state index contributed by atoms with van der Waals surface area (Å²) in [5.74, 6) is 0.0115. The molecular weight excluding hydrogens is 362 g/mol. The van der Waals surface area contributed by atoms with Crippen molar-refractivity contribution >= 4 is 17.3 Å². The molecule has 0 saturated heterocycles. The van der Waals surface area contributed by atoms with E-state index in [1.165, 1.54) is 22.5 Å². The quantitative estimate of drug-likeness (QED) is 0.599. The monoisotopic (exact) mass is 387 g/mol. The Kier molecular flexibility index (Phi) is 5.52. The molecule has 0 saturated carbocycles. The molecule has 0 aliphatic carbocycles. The van der Waals surface area contributed by atoms with Crippen LogP contribution in [0.4, 0.5) is 11.4 Å². The molecule has 4 nitrogen and oxygen atoms in total. The molecule has 4 rings (SSSR count). The maximum atomic E-state index is 10.7. The molecule has 148 valence electrons. The highest BCUT2D eigenvalue weighted by atomic mass is 16.5. The van der Waals surface area contributed by atoms with E-state index in [9.17, 15) is 4.79 Å². The van der Waals surface area contributed by atoms with E-state index in [4.69, 9.17) is 9.84 Å². The fraction of sp³-hybridized carbons (Fsp3) is 0.240. The van der Waals surface area contributed by atoms with Gasteiger partial charge in [-0.2, -0.15) is 0 Å². The minimum Gasteiger partial charge on any atom is -0.489 e. The third kappa shape index (κ3) is 4.60. The van der Waals surface area contributed by atoms with E-state index in [0.717, 1.165) is 29.8 Å². The second kappa shape index (κ2) is 8.39. The lowest BCUT2D eigenvalue weighted by atomic mass is 10.1. The first-order chi connectivity index (χ1) is 14.1. The van der Waals surface area contributed by atoms with Crippen molar-refractivity contribution in [1.29, 1.82) is 0 Å². The Morgan fingerprint density at radius 1 is 1.03 bits per heavy atom. The van der Waals surface area contributed by atoms with E-state index < -0.39 is 5.97 Å². The first-order valence-corrected chi connectivity index (χ1v) is 9.98. The fourth-order valence-corrected chi connectivity index (χ4v) is 3.78. The lowest BCUT2D eigenvalue weighted by Gasteiger charge is -2.20. The van der Waals surface area contributed by atoms with Crippen molar-refractivity contribution in [2.75, 3.05) is 11.4 Å². The Morgan fingerprint density at radius 3 is 2.66 bits per heavy atom. The predicted molar refractivity (Wildman–Crippen MR) is 115 cm³/mol.